The molecule has 0 heterocycles. The van der Waals surface area contributed by atoms with E-state index in [9.17, 15) is 14.4 Å². The van der Waals surface area contributed by atoms with Gasteiger partial charge in [0, 0.05) is 24.0 Å². The molecule has 2 amide bonds. The Morgan fingerprint density at radius 2 is 1.75 bits per heavy atom. The minimum atomic E-state index is -0.276. The maximum Gasteiger partial charge on any atom is 0.253 e. The highest BCUT2D eigenvalue weighted by Gasteiger charge is 2.10. The molecule has 0 unspecified atom stereocenters. The van der Waals surface area contributed by atoms with Crippen molar-refractivity contribution in [3.05, 3.63) is 59.7 Å². The van der Waals surface area contributed by atoms with Crippen LogP contribution in [0.3, 0.4) is 0 Å². The zero-order valence-corrected chi connectivity index (χ0v) is 13.6. The number of rotatable bonds is 6. The molecule has 0 saturated carbocycles. The van der Waals surface area contributed by atoms with Crippen LogP contribution >= 0.6 is 0 Å². The lowest BCUT2D eigenvalue weighted by Gasteiger charge is -2.11. The first-order valence-electron chi connectivity index (χ1n) is 7.47. The minimum Gasteiger partial charge on any atom is -0.376 e. The van der Waals surface area contributed by atoms with E-state index in [1.807, 2.05) is 0 Å². The third-order valence-corrected chi connectivity index (χ3v) is 3.39. The van der Waals surface area contributed by atoms with Crippen LogP contribution in [0, 0.1) is 0 Å². The number of ketones is 1. The second kappa shape index (κ2) is 7.92. The van der Waals surface area contributed by atoms with E-state index >= 15 is 0 Å². The molecule has 24 heavy (non-hydrogen) atoms. The number of carbonyl (C=O) groups excluding carboxylic acids is 3. The van der Waals surface area contributed by atoms with E-state index in [2.05, 4.69) is 16.0 Å². The Morgan fingerprint density at radius 1 is 1.00 bits per heavy atom. The highest BCUT2D eigenvalue weighted by Crippen LogP contribution is 2.15. The van der Waals surface area contributed by atoms with Crippen LogP contribution < -0.4 is 16.0 Å². The van der Waals surface area contributed by atoms with E-state index in [0.717, 1.165) is 0 Å². The Kier molecular flexibility index (Phi) is 5.68. The first-order chi connectivity index (χ1) is 11.5. The van der Waals surface area contributed by atoms with Crippen LogP contribution in [0.4, 0.5) is 11.4 Å². The summed E-state index contributed by atoms with van der Waals surface area (Å²) in [6.45, 7) is 1.47. The van der Waals surface area contributed by atoms with Crippen LogP contribution in [0.5, 0.6) is 0 Å². The molecule has 6 nitrogen and oxygen atoms in total. The summed E-state index contributed by atoms with van der Waals surface area (Å²) >= 11 is 0. The highest BCUT2D eigenvalue weighted by atomic mass is 16.2. The number of amides is 2. The first kappa shape index (κ1) is 17.2. The summed E-state index contributed by atoms with van der Waals surface area (Å²) in [5.41, 5.74) is 2.12. The quantitative estimate of drug-likeness (QED) is 0.711. The summed E-state index contributed by atoms with van der Waals surface area (Å²) in [6, 6.07) is 13.7. The van der Waals surface area contributed by atoms with Gasteiger partial charge in [0.2, 0.25) is 5.91 Å². The average molecular weight is 325 g/mol. The van der Waals surface area contributed by atoms with Crippen LogP contribution in [0.15, 0.2) is 48.5 Å². The average Bonchev–Trinajstić information content (AvgIpc) is 2.59. The van der Waals surface area contributed by atoms with Crippen molar-refractivity contribution in [1.82, 2.24) is 5.32 Å². The third kappa shape index (κ3) is 4.42. The molecular weight excluding hydrogens is 306 g/mol. The molecule has 0 fully saturated rings. The normalized spacial score (nSPS) is 9.92. The maximum absolute atomic E-state index is 12.1. The van der Waals surface area contributed by atoms with Crippen molar-refractivity contribution in [3.63, 3.8) is 0 Å². The Morgan fingerprint density at radius 3 is 2.46 bits per heavy atom. The summed E-state index contributed by atoms with van der Waals surface area (Å²) < 4.78 is 0. The van der Waals surface area contributed by atoms with Gasteiger partial charge in [0.1, 0.15) is 0 Å². The zero-order chi connectivity index (χ0) is 17.5. The monoisotopic (exact) mass is 325 g/mol. The van der Waals surface area contributed by atoms with Crippen LogP contribution in [-0.4, -0.2) is 31.2 Å². The minimum absolute atomic E-state index is 0.00168. The zero-order valence-electron chi connectivity index (χ0n) is 13.6. The predicted molar refractivity (Wildman–Crippen MR) is 93.4 cm³/mol. The van der Waals surface area contributed by atoms with Crippen molar-refractivity contribution in [2.45, 2.75) is 6.92 Å². The molecule has 0 aliphatic carbocycles. The summed E-state index contributed by atoms with van der Waals surface area (Å²) in [5.74, 6) is -0.571. The van der Waals surface area contributed by atoms with Crippen LogP contribution in [0.25, 0.3) is 0 Å². The molecule has 0 aliphatic rings. The van der Waals surface area contributed by atoms with Crippen molar-refractivity contribution < 1.29 is 14.4 Å². The Balaban J connectivity index is 2.00. The van der Waals surface area contributed by atoms with Gasteiger partial charge < -0.3 is 16.0 Å². The topological polar surface area (TPSA) is 87.3 Å². The molecule has 0 aliphatic heterocycles. The standard InChI is InChI=1S/C18H19N3O3/c1-12(22)13-6-5-7-14(10-13)21-17(23)11-20-16-9-4-3-8-15(16)18(24)19-2/h3-10,20H,11H2,1-2H3,(H,19,24)(H,21,23). The Bertz CT molecular complexity index is 772. The number of anilines is 2. The van der Waals surface area contributed by atoms with E-state index in [1.54, 1.807) is 55.6 Å². The van der Waals surface area contributed by atoms with Gasteiger partial charge >= 0.3 is 0 Å². The van der Waals surface area contributed by atoms with E-state index < -0.39 is 0 Å². The number of carbonyl (C=O) groups is 3. The molecule has 0 spiro atoms. The predicted octanol–water partition coefficient (Wildman–Crippen LogP) is 2.30. The molecule has 2 aromatic carbocycles. The Labute approximate surface area is 140 Å². The SMILES string of the molecule is CNC(=O)c1ccccc1NCC(=O)Nc1cccc(C(C)=O)c1. The fourth-order valence-corrected chi connectivity index (χ4v) is 2.17. The number of hydrogen-bond donors (Lipinski definition) is 3. The summed E-state index contributed by atoms with van der Waals surface area (Å²) in [7, 11) is 1.55. The largest absolute Gasteiger partial charge is 0.376 e. The van der Waals surface area contributed by atoms with Gasteiger partial charge in [0.25, 0.3) is 5.91 Å². The molecule has 3 N–H and O–H groups in total. The summed E-state index contributed by atoms with van der Waals surface area (Å²) in [4.78, 5) is 35.2. The lowest BCUT2D eigenvalue weighted by molar-refractivity contribution is -0.114. The van der Waals surface area contributed by atoms with E-state index in [0.29, 0.717) is 22.5 Å². The van der Waals surface area contributed by atoms with Gasteiger partial charge in [0.05, 0.1) is 12.1 Å². The number of hydrogen-bond acceptors (Lipinski definition) is 4. The lowest BCUT2D eigenvalue weighted by Crippen LogP contribution is -2.24. The third-order valence-electron chi connectivity index (χ3n) is 3.39. The van der Waals surface area contributed by atoms with Crippen LogP contribution in [0.1, 0.15) is 27.6 Å². The second-order valence-corrected chi connectivity index (χ2v) is 5.16. The van der Waals surface area contributed by atoms with E-state index in [-0.39, 0.29) is 24.1 Å². The first-order valence-corrected chi connectivity index (χ1v) is 7.47. The van der Waals surface area contributed by atoms with Crippen molar-refractivity contribution in [2.24, 2.45) is 0 Å². The Hall–Kier alpha value is -3.15. The number of nitrogens with one attached hydrogen (secondary N) is 3. The summed E-state index contributed by atoms with van der Waals surface area (Å²) in [5, 5.41) is 8.22. The number of benzene rings is 2. The van der Waals surface area contributed by atoms with Crippen molar-refractivity contribution in [2.75, 3.05) is 24.2 Å². The van der Waals surface area contributed by atoms with Gasteiger partial charge in [-0.05, 0) is 31.2 Å². The van der Waals surface area contributed by atoms with Gasteiger partial charge in [-0.15, -0.1) is 0 Å². The molecule has 2 aromatic rings. The molecule has 0 radical (unpaired) electrons. The van der Waals surface area contributed by atoms with Crippen LogP contribution in [0.2, 0.25) is 0 Å². The van der Waals surface area contributed by atoms with Crippen molar-refractivity contribution >= 4 is 29.0 Å². The molecule has 0 saturated heterocycles. The second-order valence-electron chi connectivity index (χ2n) is 5.16. The maximum atomic E-state index is 12.1. The van der Waals surface area contributed by atoms with Gasteiger partial charge in [0.15, 0.2) is 5.78 Å². The van der Waals surface area contributed by atoms with Crippen molar-refractivity contribution in [3.8, 4) is 0 Å². The van der Waals surface area contributed by atoms with E-state index in [4.69, 9.17) is 0 Å². The number of para-hydroxylation sites is 1. The molecule has 0 aromatic heterocycles. The van der Waals surface area contributed by atoms with E-state index in [1.165, 1.54) is 6.92 Å². The fraction of sp³-hybridized carbons (Fsp3) is 0.167. The number of Topliss-reactive ketones (excluding diaryl/α,β-unsaturated/α-hetero) is 1. The van der Waals surface area contributed by atoms with Gasteiger partial charge in [-0.3, -0.25) is 14.4 Å². The molecule has 124 valence electrons. The van der Waals surface area contributed by atoms with Gasteiger partial charge in [-0.25, -0.2) is 0 Å². The van der Waals surface area contributed by atoms with Crippen LogP contribution in [-0.2, 0) is 4.79 Å². The smallest absolute Gasteiger partial charge is 0.253 e. The molecular formula is C18H19N3O3. The highest BCUT2D eigenvalue weighted by molar-refractivity contribution is 6.01. The molecule has 2 rings (SSSR count). The fourth-order valence-electron chi connectivity index (χ4n) is 2.17. The van der Waals surface area contributed by atoms with Crippen molar-refractivity contribution in [1.29, 1.82) is 0 Å². The van der Waals surface area contributed by atoms with Gasteiger partial charge in [-0.2, -0.15) is 0 Å². The molecule has 6 heteroatoms. The molecule has 0 atom stereocenters. The lowest BCUT2D eigenvalue weighted by atomic mass is 10.1. The van der Waals surface area contributed by atoms with Gasteiger partial charge in [-0.1, -0.05) is 24.3 Å². The molecule has 0 bridgehead atoms. The summed E-state index contributed by atoms with van der Waals surface area (Å²) in [6.07, 6.45) is 0.